The van der Waals surface area contributed by atoms with E-state index in [1.807, 2.05) is 31.3 Å². The summed E-state index contributed by atoms with van der Waals surface area (Å²) in [7, 11) is 2.04. The highest BCUT2D eigenvalue weighted by Gasteiger charge is 2.18. The van der Waals surface area contributed by atoms with E-state index in [4.69, 9.17) is 16.3 Å². The Hall–Kier alpha value is -1.08. The van der Waals surface area contributed by atoms with Gasteiger partial charge in [-0.3, -0.25) is 0 Å². The van der Waals surface area contributed by atoms with Gasteiger partial charge in [0, 0.05) is 17.8 Å². The molecule has 0 amide bonds. The average Bonchev–Trinajstić information content (AvgIpc) is 2.88. The van der Waals surface area contributed by atoms with Crippen LogP contribution in [0.25, 0.3) is 0 Å². The Labute approximate surface area is 139 Å². The first-order chi connectivity index (χ1) is 10.7. The van der Waals surface area contributed by atoms with E-state index >= 15 is 0 Å². The summed E-state index contributed by atoms with van der Waals surface area (Å²) in [5.74, 6) is 1.91. The standard InChI is InChI=1S/C15H19ClN4OS/c1-19-14(10-20-6-8-21-9-7-20)17-18-15(19)22-11-12-2-4-13(16)5-3-12/h2-5H,6-11H2,1H3/p+1. The van der Waals surface area contributed by atoms with Crippen LogP contribution in [0.3, 0.4) is 0 Å². The lowest BCUT2D eigenvalue weighted by atomic mass is 10.2. The minimum Gasteiger partial charge on any atom is -0.370 e. The van der Waals surface area contributed by atoms with Crippen LogP contribution in [0, 0.1) is 0 Å². The molecule has 0 bridgehead atoms. The van der Waals surface area contributed by atoms with Crippen molar-refractivity contribution in [2.24, 2.45) is 7.05 Å². The van der Waals surface area contributed by atoms with Crippen LogP contribution < -0.4 is 4.90 Å². The quantitative estimate of drug-likeness (QED) is 0.831. The maximum Gasteiger partial charge on any atom is 0.191 e. The Bertz CT molecular complexity index is 611. The van der Waals surface area contributed by atoms with Gasteiger partial charge in [-0.05, 0) is 17.7 Å². The van der Waals surface area contributed by atoms with Crippen molar-refractivity contribution in [3.05, 3.63) is 40.7 Å². The minimum absolute atomic E-state index is 0.767. The van der Waals surface area contributed by atoms with Crippen LogP contribution in [-0.4, -0.2) is 41.1 Å². The molecule has 1 aliphatic rings. The van der Waals surface area contributed by atoms with Crippen LogP contribution in [0.2, 0.25) is 5.02 Å². The van der Waals surface area contributed by atoms with E-state index in [0.717, 1.165) is 54.6 Å². The topological polar surface area (TPSA) is 44.4 Å². The van der Waals surface area contributed by atoms with Gasteiger partial charge in [-0.2, -0.15) is 0 Å². The fraction of sp³-hybridized carbons (Fsp3) is 0.467. The molecule has 22 heavy (non-hydrogen) atoms. The molecule has 0 atom stereocenters. The Kier molecular flexibility index (Phi) is 5.36. The van der Waals surface area contributed by atoms with Crippen molar-refractivity contribution < 1.29 is 9.64 Å². The number of benzene rings is 1. The molecule has 1 aromatic carbocycles. The first kappa shape index (κ1) is 15.8. The number of halogens is 1. The van der Waals surface area contributed by atoms with Crippen molar-refractivity contribution in [1.29, 1.82) is 0 Å². The van der Waals surface area contributed by atoms with E-state index in [0.29, 0.717) is 0 Å². The Morgan fingerprint density at radius 3 is 2.68 bits per heavy atom. The third-order valence-corrected chi connectivity index (χ3v) is 5.16. The molecule has 1 aromatic heterocycles. The highest BCUT2D eigenvalue weighted by atomic mass is 35.5. The molecule has 0 saturated carbocycles. The smallest absolute Gasteiger partial charge is 0.191 e. The lowest BCUT2D eigenvalue weighted by Crippen LogP contribution is -3.12. The molecule has 118 valence electrons. The Balaban J connectivity index is 1.59. The van der Waals surface area contributed by atoms with Crippen molar-refractivity contribution in [1.82, 2.24) is 14.8 Å². The summed E-state index contributed by atoms with van der Waals surface area (Å²) in [5, 5.41) is 10.4. The molecule has 1 fully saturated rings. The fourth-order valence-electron chi connectivity index (χ4n) is 2.41. The number of hydrogen-bond acceptors (Lipinski definition) is 4. The summed E-state index contributed by atoms with van der Waals surface area (Å²) < 4.78 is 7.49. The number of thioether (sulfide) groups is 1. The highest BCUT2D eigenvalue weighted by molar-refractivity contribution is 7.98. The predicted octanol–water partition coefficient (Wildman–Crippen LogP) is 1.18. The van der Waals surface area contributed by atoms with Gasteiger partial charge in [-0.1, -0.05) is 35.5 Å². The van der Waals surface area contributed by atoms with Crippen molar-refractivity contribution >= 4 is 23.4 Å². The zero-order valence-electron chi connectivity index (χ0n) is 12.6. The average molecular weight is 340 g/mol. The normalized spacial score (nSPS) is 16.1. The molecule has 7 heteroatoms. The first-order valence-corrected chi connectivity index (χ1v) is 8.75. The van der Waals surface area contributed by atoms with Gasteiger partial charge in [0.1, 0.15) is 19.6 Å². The number of nitrogens with zero attached hydrogens (tertiary/aromatic N) is 3. The molecule has 0 radical (unpaired) electrons. The highest BCUT2D eigenvalue weighted by Crippen LogP contribution is 2.21. The Morgan fingerprint density at radius 1 is 1.23 bits per heavy atom. The van der Waals surface area contributed by atoms with Crippen LogP contribution in [0.1, 0.15) is 11.4 Å². The molecule has 5 nitrogen and oxygen atoms in total. The minimum atomic E-state index is 0.767. The van der Waals surface area contributed by atoms with Crippen LogP contribution in [0.5, 0.6) is 0 Å². The van der Waals surface area contributed by atoms with Gasteiger partial charge < -0.3 is 14.2 Å². The number of aromatic nitrogens is 3. The lowest BCUT2D eigenvalue weighted by Gasteiger charge is -2.23. The number of hydrogen-bond donors (Lipinski definition) is 1. The van der Waals surface area contributed by atoms with Crippen LogP contribution in [-0.2, 0) is 24.1 Å². The number of quaternary nitrogens is 1. The first-order valence-electron chi connectivity index (χ1n) is 7.39. The van der Waals surface area contributed by atoms with Crippen LogP contribution in [0.15, 0.2) is 29.4 Å². The van der Waals surface area contributed by atoms with Crippen molar-refractivity contribution in [3.8, 4) is 0 Å². The molecular weight excluding hydrogens is 320 g/mol. The van der Waals surface area contributed by atoms with Crippen LogP contribution >= 0.6 is 23.4 Å². The molecule has 1 saturated heterocycles. The lowest BCUT2D eigenvalue weighted by molar-refractivity contribution is -0.922. The molecule has 2 heterocycles. The van der Waals surface area contributed by atoms with E-state index in [1.54, 1.807) is 11.8 Å². The second-order valence-electron chi connectivity index (χ2n) is 5.41. The molecule has 0 aliphatic carbocycles. The summed E-state index contributed by atoms with van der Waals surface area (Å²) in [6.07, 6.45) is 0. The van der Waals surface area contributed by atoms with Gasteiger partial charge >= 0.3 is 0 Å². The van der Waals surface area contributed by atoms with E-state index in [2.05, 4.69) is 14.8 Å². The molecule has 0 unspecified atom stereocenters. The number of morpholine rings is 1. The van der Waals surface area contributed by atoms with Gasteiger partial charge in [0.2, 0.25) is 0 Å². The molecule has 1 N–H and O–H groups in total. The third-order valence-electron chi connectivity index (χ3n) is 3.81. The maximum atomic E-state index is 5.91. The zero-order valence-corrected chi connectivity index (χ0v) is 14.2. The van der Waals surface area contributed by atoms with Gasteiger partial charge in [0.05, 0.1) is 13.2 Å². The van der Waals surface area contributed by atoms with E-state index in [1.165, 1.54) is 10.5 Å². The van der Waals surface area contributed by atoms with E-state index in [-0.39, 0.29) is 0 Å². The second kappa shape index (κ2) is 7.46. The van der Waals surface area contributed by atoms with Crippen molar-refractivity contribution in [2.75, 3.05) is 26.3 Å². The predicted molar refractivity (Wildman–Crippen MR) is 87.2 cm³/mol. The molecule has 0 spiro atoms. The Morgan fingerprint density at radius 2 is 1.95 bits per heavy atom. The largest absolute Gasteiger partial charge is 0.370 e. The van der Waals surface area contributed by atoms with Gasteiger partial charge in [-0.25, -0.2) is 0 Å². The number of nitrogens with one attached hydrogen (secondary N) is 1. The summed E-state index contributed by atoms with van der Waals surface area (Å²) in [4.78, 5) is 1.51. The molecule has 2 aromatic rings. The second-order valence-corrected chi connectivity index (χ2v) is 6.79. The maximum absolute atomic E-state index is 5.91. The van der Waals surface area contributed by atoms with E-state index < -0.39 is 0 Å². The van der Waals surface area contributed by atoms with Gasteiger partial charge in [0.15, 0.2) is 11.0 Å². The molecule has 3 rings (SSSR count). The third kappa shape index (κ3) is 4.01. The summed E-state index contributed by atoms with van der Waals surface area (Å²) >= 11 is 7.61. The van der Waals surface area contributed by atoms with Crippen molar-refractivity contribution in [2.45, 2.75) is 17.5 Å². The summed E-state index contributed by atoms with van der Waals surface area (Å²) in [5.41, 5.74) is 1.23. The monoisotopic (exact) mass is 339 g/mol. The summed E-state index contributed by atoms with van der Waals surface area (Å²) in [6, 6.07) is 7.93. The fourth-order valence-corrected chi connectivity index (χ4v) is 3.43. The van der Waals surface area contributed by atoms with Gasteiger partial charge in [-0.15, -0.1) is 10.2 Å². The van der Waals surface area contributed by atoms with Crippen LogP contribution in [0.4, 0.5) is 0 Å². The van der Waals surface area contributed by atoms with Gasteiger partial charge in [0.25, 0.3) is 0 Å². The zero-order chi connectivity index (χ0) is 15.4. The number of rotatable bonds is 5. The van der Waals surface area contributed by atoms with Crippen molar-refractivity contribution in [3.63, 3.8) is 0 Å². The SMILES string of the molecule is Cn1c(C[NH+]2CCOCC2)nnc1SCc1ccc(Cl)cc1. The van der Waals surface area contributed by atoms with E-state index in [9.17, 15) is 0 Å². The number of ether oxygens (including phenoxy) is 1. The molecule has 1 aliphatic heterocycles. The molecular formula is C15H20ClN4OS+. The summed E-state index contributed by atoms with van der Waals surface area (Å²) in [6.45, 7) is 4.67.